The summed E-state index contributed by atoms with van der Waals surface area (Å²) in [6.07, 6.45) is 9.11. The predicted octanol–water partition coefficient (Wildman–Crippen LogP) is 4.14. The first kappa shape index (κ1) is 23.6. The second kappa shape index (κ2) is 11.5. The smallest absolute Gasteiger partial charge is 0.294 e. The van der Waals surface area contributed by atoms with Crippen LogP contribution in [-0.4, -0.2) is 42.3 Å². The molecule has 1 saturated heterocycles. The zero-order valence-corrected chi connectivity index (χ0v) is 18.9. The minimum Gasteiger partial charge on any atom is -0.380 e. The number of hydrogen-bond acceptors (Lipinski definition) is 8. The van der Waals surface area contributed by atoms with Gasteiger partial charge in [0.15, 0.2) is 0 Å². The van der Waals surface area contributed by atoms with Crippen molar-refractivity contribution in [3.63, 3.8) is 0 Å². The van der Waals surface area contributed by atoms with Crippen molar-refractivity contribution in [2.75, 3.05) is 43.1 Å². The van der Waals surface area contributed by atoms with E-state index in [-0.39, 0.29) is 2.85 Å². The number of unbranched alkanes of at least 4 members (excludes halogenated alkanes) is 3. The van der Waals surface area contributed by atoms with Crippen molar-refractivity contribution < 1.29 is 16.8 Å². The molecule has 2 aromatic rings. The first-order chi connectivity index (χ1) is 15.0. The third-order valence-electron chi connectivity index (χ3n) is 5.18. The third kappa shape index (κ3) is 6.23. The van der Waals surface area contributed by atoms with E-state index < -0.39 is 18.4 Å². The monoisotopic (exact) mass is 454 g/mol. The number of hydroxylamine groups is 1. The highest BCUT2D eigenvalue weighted by molar-refractivity contribution is 7.56. The van der Waals surface area contributed by atoms with Crippen molar-refractivity contribution in [2.24, 2.45) is 0 Å². The molecule has 0 aliphatic carbocycles. The lowest BCUT2D eigenvalue weighted by Crippen LogP contribution is -2.36. The van der Waals surface area contributed by atoms with Gasteiger partial charge in [-0.1, -0.05) is 12.8 Å². The van der Waals surface area contributed by atoms with Crippen LogP contribution in [0.15, 0.2) is 34.1 Å². The summed E-state index contributed by atoms with van der Waals surface area (Å²) in [5.41, 5.74) is 0.350. The van der Waals surface area contributed by atoms with Crippen LogP contribution >= 0.6 is 7.52 Å². The lowest BCUT2D eigenvalue weighted by molar-refractivity contribution is -0.120. The molecule has 2 N–H and O–H groups in total. The van der Waals surface area contributed by atoms with Crippen molar-refractivity contribution in [1.82, 2.24) is 9.82 Å². The molecule has 1 atom stereocenters. The summed E-state index contributed by atoms with van der Waals surface area (Å²) in [6.45, 7) is 4.09. The minimum absolute atomic E-state index is 0. The molecule has 0 radical (unpaired) electrons. The van der Waals surface area contributed by atoms with Crippen LogP contribution in [0, 0.1) is 0 Å². The molecule has 0 spiro atoms. The highest BCUT2D eigenvalue weighted by atomic mass is 31.2. The third-order valence-corrected chi connectivity index (χ3v) is 7.72. The molecule has 9 nitrogen and oxygen atoms in total. The van der Waals surface area contributed by atoms with E-state index in [2.05, 4.69) is 15.6 Å². The summed E-state index contributed by atoms with van der Waals surface area (Å²) in [5, 5.41) is 6.05. The molecule has 2 heterocycles. The van der Waals surface area contributed by atoms with Crippen LogP contribution in [0.3, 0.4) is 0 Å². The first-order valence-electron chi connectivity index (χ1n) is 10.9. The normalized spacial score (nSPS) is 16.8. The Labute approximate surface area is 185 Å². The summed E-state index contributed by atoms with van der Waals surface area (Å²) < 4.78 is 18.7. The summed E-state index contributed by atoms with van der Waals surface area (Å²) in [7, 11) is -2.93. The zero-order valence-electron chi connectivity index (χ0n) is 18.0. The Morgan fingerprint density at radius 2 is 1.87 bits per heavy atom. The summed E-state index contributed by atoms with van der Waals surface area (Å²) in [6, 6.07) is 3.47. The van der Waals surface area contributed by atoms with Crippen LogP contribution in [0.5, 0.6) is 0 Å². The number of nitrogens with zero attached hydrogens (tertiary/aromatic N) is 2. The molecule has 3 rings (SSSR count). The van der Waals surface area contributed by atoms with Gasteiger partial charge >= 0.3 is 0 Å². The molecule has 1 unspecified atom stereocenters. The fourth-order valence-corrected chi connectivity index (χ4v) is 5.74. The number of pyridine rings is 1. The van der Waals surface area contributed by atoms with Crippen LogP contribution in [0.1, 0.15) is 48.3 Å². The maximum Gasteiger partial charge on any atom is 0.294 e. The van der Waals surface area contributed by atoms with E-state index in [4.69, 9.17) is 9.36 Å². The fraction of sp³-hybridized carbons (Fsp3) is 0.571. The van der Waals surface area contributed by atoms with Crippen LogP contribution in [-0.2, 0) is 13.9 Å². The SMILES string of the molecule is CCOP(=O)(CCCCCCNc1c(Nc2ccncc2)c(=O)c1=O)N1CCCCO1.[HH].[HH]. The molecule has 10 heteroatoms. The van der Waals surface area contributed by atoms with Gasteiger partial charge in [0, 0.05) is 40.2 Å². The highest BCUT2D eigenvalue weighted by Crippen LogP contribution is 2.52. The van der Waals surface area contributed by atoms with E-state index in [1.165, 1.54) is 0 Å². The fourth-order valence-electron chi connectivity index (χ4n) is 3.53. The summed E-state index contributed by atoms with van der Waals surface area (Å²) >= 11 is 0. The molecule has 31 heavy (non-hydrogen) atoms. The van der Waals surface area contributed by atoms with Crippen LogP contribution < -0.4 is 21.5 Å². The molecule has 1 aliphatic heterocycles. The van der Waals surface area contributed by atoms with Gasteiger partial charge in [-0.25, -0.2) is 0 Å². The summed E-state index contributed by atoms with van der Waals surface area (Å²) in [4.78, 5) is 34.8. The van der Waals surface area contributed by atoms with Gasteiger partial charge in [0.1, 0.15) is 11.4 Å². The molecule has 0 bridgehead atoms. The van der Waals surface area contributed by atoms with E-state index >= 15 is 0 Å². The largest absolute Gasteiger partial charge is 0.380 e. The number of anilines is 3. The van der Waals surface area contributed by atoms with Gasteiger partial charge in [0.05, 0.1) is 13.2 Å². The second-order valence-corrected chi connectivity index (χ2v) is 9.93. The van der Waals surface area contributed by atoms with Crippen molar-refractivity contribution in [3.8, 4) is 0 Å². The number of nitrogens with one attached hydrogen (secondary N) is 2. The molecule has 1 aromatic carbocycles. The summed E-state index contributed by atoms with van der Waals surface area (Å²) in [5.74, 6) is 0. The van der Waals surface area contributed by atoms with Crippen molar-refractivity contribution in [1.29, 1.82) is 0 Å². The Morgan fingerprint density at radius 1 is 1.13 bits per heavy atom. The topological polar surface area (TPSA) is 110 Å². The molecule has 0 amide bonds. The highest BCUT2D eigenvalue weighted by Gasteiger charge is 2.33. The Morgan fingerprint density at radius 3 is 2.58 bits per heavy atom. The maximum absolute atomic E-state index is 13.1. The first-order valence-corrected chi connectivity index (χ1v) is 12.7. The molecular formula is C21H35N4O5P. The molecule has 1 aromatic heterocycles. The Hall–Kier alpha value is -2.06. The minimum atomic E-state index is -2.93. The van der Waals surface area contributed by atoms with E-state index in [1.807, 2.05) is 6.92 Å². The molecule has 0 saturated carbocycles. The average Bonchev–Trinajstić information content (AvgIpc) is 2.81. The van der Waals surface area contributed by atoms with Gasteiger partial charge in [-0.2, -0.15) is 0 Å². The van der Waals surface area contributed by atoms with Gasteiger partial charge in [0.2, 0.25) is 0 Å². The molecular weight excluding hydrogens is 419 g/mol. The van der Waals surface area contributed by atoms with Crippen LogP contribution in [0.4, 0.5) is 17.1 Å². The lowest BCUT2D eigenvalue weighted by Gasteiger charge is -2.32. The van der Waals surface area contributed by atoms with E-state index in [9.17, 15) is 14.2 Å². The van der Waals surface area contributed by atoms with Gasteiger partial charge in [-0.3, -0.25) is 24.0 Å². The van der Waals surface area contributed by atoms with Crippen LogP contribution in [0.25, 0.3) is 0 Å². The number of rotatable bonds is 13. The zero-order chi connectivity index (χ0) is 22.1. The second-order valence-electron chi connectivity index (χ2n) is 7.51. The molecule has 1 fully saturated rings. The predicted molar refractivity (Wildman–Crippen MR) is 126 cm³/mol. The maximum atomic E-state index is 13.1. The van der Waals surface area contributed by atoms with Crippen molar-refractivity contribution in [3.05, 3.63) is 45.0 Å². The quantitative estimate of drug-likeness (QED) is 0.262. The van der Waals surface area contributed by atoms with Crippen molar-refractivity contribution >= 4 is 24.6 Å². The van der Waals surface area contributed by atoms with Crippen LogP contribution in [0.2, 0.25) is 0 Å². The van der Waals surface area contributed by atoms with Gasteiger partial charge in [0.25, 0.3) is 18.4 Å². The van der Waals surface area contributed by atoms with Gasteiger partial charge in [-0.05, 0) is 44.7 Å². The number of aromatic nitrogens is 1. The average molecular weight is 455 g/mol. The lowest BCUT2D eigenvalue weighted by atomic mass is 10.1. The Balaban J connectivity index is 0.00000272. The van der Waals surface area contributed by atoms with E-state index in [1.54, 1.807) is 29.4 Å². The standard InChI is InChI=1S/C21H31N4O5P.2H2/c1-2-30-31(28,25-14-6-7-15-29-25)16-8-4-3-5-11-23-18-19(21(27)20(18)26)24-17-9-12-22-13-10-17;;/h9-10,12-13,23H,2-8,11,14-16H2,1H3,(H,22,24);2*1H. The Kier molecular flexibility index (Phi) is 8.78. The van der Waals surface area contributed by atoms with Gasteiger partial charge in [-0.15, -0.1) is 4.83 Å². The van der Waals surface area contributed by atoms with E-state index in [0.717, 1.165) is 38.5 Å². The Bertz CT molecular complexity index is 950. The molecule has 174 valence electrons. The van der Waals surface area contributed by atoms with E-state index in [0.29, 0.717) is 49.5 Å². The molecule has 1 aliphatic rings. The van der Waals surface area contributed by atoms with Crippen molar-refractivity contribution in [2.45, 2.75) is 45.4 Å². The van der Waals surface area contributed by atoms with Gasteiger partial charge < -0.3 is 15.2 Å². The number of hydrogen-bond donors (Lipinski definition) is 2.